The summed E-state index contributed by atoms with van der Waals surface area (Å²) in [6.45, 7) is 1.76. The van der Waals surface area contributed by atoms with E-state index >= 15 is 0 Å². The highest BCUT2D eigenvalue weighted by molar-refractivity contribution is 6.11. The van der Waals surface area contributed by atoms with Gasteiger partial charge in [-0.15, -0.1) is 0 Å². The number of hydrogen-bond acceptors (Lipinski definition) is 4. The Balaban J connectivity index is 1.75. The zero-order valence-electron chi connectivity index (χ0n) is 15.5. The van der Waals surface area contributed by atoms with Gasteiger partial charge in [0.2, 0.25) is 5.91 Å². The summed E-state index contributed by atoms with van der Waals surface area (Å²) in [5.74, 6) is -0.451. The van der Waals surface area contributed by atoms with Crippen molar-refractivity contribution in [1.82, 2.24) is 5.01 Å². The van der Waals surface area contributed by atoms with Gasteiger partial charge in [0, 0.05) is 16.8 Å². The standard InChI is InChI=1S/C21H18F3N3O2/c1-14(20(29)25-18-9-7-17(8-10-18)21(22,23)24)27-12-15(13-28)11-19(26-27)16-5-3-2-4-6-16/h2-11,13-14H,12H2,1H3,(H,25,29). The summed E-state index contributed by atoms with van der Waals surface area (Å²) in [5, 5.41) is 8.52. The molecule has 5 nitrogen and oxygen atoms in total. The van der Waals surface area contributed by atoms with E-state index in [9.17, 15) is 22.8 Å². The maximum atomic E-state index is 12.7. The van der Waals surface area contributed by atoms with Gasteiger partial charge in [-0.2, -0.15) is 18.3 Å². The number of nitrogens with zero attached hydrogens (tertiary/aromatic N) is 2. The van der Waals surface area contributed by atoms with Crippen LogP contribution in [0.2, 0.25) is 0 Å². The predicted molar refractivity (Wildman–Crippen MR) is 103 cm³/mol. The number of carbonyl (C=O) groups is 2. The molecule has 150 valence electrons. The van der Waals surface area contributed by atoms with E-state index in [1.807, 2.05) is 30.3 Å². The van der Waals surface area contributed by atoms with Gasteiger partial charge in [-0.1, -0.05) is 30.3 Å². The van der Waals surface area contributed by atoms with Crippen LogP contribution >= 0.6 is 0 Å². The minimum atomic E-state index is -4.44. The number of amides is 1. The summed E-state index contributed by atoms with van der Waals surface area (Å²) in [5.41, 5.74) is 1.26. The van der Waals surface area contributed by atoms with Crippen molar-refractivity contribution in [2.75, 3.05) is 11.9 Å². The molecule has 29 heavy (non-hydrogen) atoms. The van der Waals surface area contributed by atoms with Gasteiger partial charge in [0.1, 0.15) is 12.3 Å². The van der Waals surface area contributed by atoms with Gasteiger partial charge in [0.25, 0.3) is 0 Å². The molecule has 1 unspecified atom stereocenters. The van der Waals surface area contributed by atoms with E-state index in [1.165, 1.54) is 17.1 Å². The van der Waals surface area contributed by atoms with E-state index in [1.54, 1.807) is 13.0 Å². The molecule has 0 bridgehead atoms. The summed E-state index contributed by atoms with van der Waals surface area (Å²) < 4.78 is 38.0. The summed E-state index contributed by atoms with van der Waals surface area (Å²) >= 11 is 0. The van der Waals surface area contributed by atoms with Crippen molar-refractivity contribution in [3.63, 3.8) is 0 Å². The van der Waals surface area contributed by atoms with Gasteiger partial charge in [0.15, 0.2) is 0 Å². The molecule has 1 aliphatic heterocycles. The number of rotatable bonds is 5. The molecule has 1 N–H and O–H groups in total. The normalized spacial score (nSPS) is 15.2. The van der Waals surface area contributed by atoms with E-state index in [0.717, 1.165) is 17.7 Å². The van der Waals surface area contributed by atoms with Gasteiger partial charge in [-0.05, 0) is 37.3 Å². The third-order valence-electron chi connectivity index (χ3n) is 4.43. The van der Waals surface area contributed by atoms with Gasteiger partial charge < -0.3 is 5.32 Å². The Morgan fingerprint density at radius 2 is 1.79 bits per heavy atom. The van der Waals surface area contributed by atoms with E-state index in [2.05, 4.69) is 10.4 Å². The molecule has 0 spiro atoms. The fourth-order valence-corrected chi connectivity index (χ4v) is 2.78. The van der Waals surface area contributed by atoms with E-state index < -0.39 is 23.7 Å². The zero-order chi connectivity index (χ0) is 21.0. The smallest absolute Gasteiger partial charge is 0.324 e. The third kappa shape index (κ3) is 4.90. The molecule has 8 heteroatoms. The molecule has 0 fully saturated rings. The van der Waals surface area contributed by atoms with Crippen LogP contribution in [0.25, 0.3) is 0 Å². The number of nitrogens with one attached hydrogen (secondary N) is 1. The summed E-state index contributed by atoms with van der Waals surface area (Å²) in [6, 6.07) is 12.7. The quantitative estimate of drug-likeness (QED) is 0.774. The first-order valence-corrected chi connectivity index (χ1v) is 8.82. The average Bonchev–Trinajstić information content (AvgIpc) is 2.73. The van der Waals surface area contributed by atoms with Crippen LogP contribution in [0.3, 0.4) is 0 Å². The van der Waals surface area contributed by atoms with Crippen molar-refractivity contribution in [2.45, 2.75) is 19.1 Å². The van der Waals surface area contributed by atoms with Crippen molar-refractivity contribution in [3.8, 4) is 0 Å². The Morgan fingerprint density at radius 1 is 1.14 bits per heavy atom. The molecular formula is C21H18F3N3O2. The van der Waals surface area contributed by atoms with Crippen LogP contribution in [0.4, 0.5) is 18.9 Å². The average molecular weight is 401 g/mol. The first-order chi connectivity index (χ1) is 13.8. The Morgan fingerprint density at radius 3 is 2.38 bits per heavy atom. The fraction of sp³-hybridized carbons (Fsp3) is 0.190. The molecule has 0 aromatic heterocycles. The van der Waals surface area contributed by atoms with Crippen LogP contribution in [0.5, 0.6) is 0 Å². The number of alkyl halides is 3. The molecule has 1 aliphatic rings. The zero-order valence-corrected chi connectivity index (χ0v) is 15.5. The highest BCUT2D eigenvalue weighted by atomic mass is 19.4. The van der Waals surface area contributed by atoms with Crippen molar-refractivity contribution in [2.24, 2.45) is 5.10 Å². The Kier molecular flexibility index (Phi) is 5.81. The monoisotopic (exact) mass is 401 g/mol. The minimum Gasteiger partial charge on any atom is -0.324 e. The number of carbonyl (C=O) groups excluding carboxylic acids is 2. The Bertz CT molecular complexity index is 951. The minimum absolute atomic E-state index is 0.154. The van der Waals surface area contributed by atoms with Gasteiger partial charge in [0.05, 0.1) is 17.8 Å². The molecule has 0 saturated carbocycles. The van der Waals surface area contributed by atoms with Gasteiger partial charge >= 0.3 is 6.18 Å². The first kappa shape index (κ1) is 20.3. The summed E-state index contributed by atoms with van der Waals surface area (Å²) in [4.78, 5) is 23.9. The predicted octanol–water partition coefficient (Wildman–Crippen LogP) is 3.88. The lowest BCUT2D eigenvalue weighted by Crippen LogP contribution is -2.42. The molecule has 1 atom stereocenters. The first-order valence-electron chi connectivity index (χ1n) is 8.82. The fourth-order valence-electron chi connectivity index (χ4n) is 2.78. The maximum absolute atomic E-state index is 12.7. The second-order valence-corrected chi connectivity index (χ2v) is 6.53. The molecule has 0 saturated heterocycles. The number of halogens is 3. The second kappa shape index (κ2) is 8.30. The molecule has 3 rings (SSSR count). The largest absolute Gasteiger partial charge is 0.416 e. The van der Waals surface area contributed by atoms with E-state index in [4.69, 9.17) is 0 Å². The third-order valence-corrected chi connectivity index (χ3v) is 4.43. The van der Waals surface area contributed by atoms with Crippen LogP contribution in [0.15, 0.2) is 71.3 Å². The lowest BCUT2D eigenvalue weighted by Gasteiger charge is -2.29. The summed E-state index contributed by atoms with van der Waals surface area (Å²) in [6.07, 6.45) is -2.06. The number of benzene rings is 2. The molecule has 1 amide bonds. The Labute approximate surface area is 165 Å². The Hall–Kier alpha value is -3.42. The van der Waals surface area contributed by atoms with Gasteiger partial charge in [-0.25, -0.2) is 0 Å². The number of hydrogen-bond donors (Lipinski definition) is 1. The van der Waals surface area contributed by atoms with Crippen molar-refractivity contribution in [3.05, 3.63) is 77.4 Å². The number of anilines is 1. The topological polar surface area (TPSA) is 61.8 Å². The lowest BCUT2D eigenvalue weighted by atomic mass is 10.1. The van der Waals surface area contributed by atoms with Crippen molar-refractivity contribution in [1.29, 1.82) is 0 Å². The molecule has 2 aromatic carbocycles. The molecule has 1 heterocycles. The van der Waals surface area contributed by atoms with Crippen molar-refractivity contribution >= 4 is 23.6 Å². The van der Waals surface area contributed by atoms with Crippen LogP contribution in [0, 0.1) is 0 Å². The van der Waals surface area contributed by atoms with Gasteiger partial charge in [-0.3, -0.25) is 14.6 Å². The van der Waals surface area contributed by atoms with Crippen LogP contribution < -0.4 is 5.32 Å². The molecule has 0 aliphatic carbocycles. The van der Waals surface area contributed by atoms with Crippen LogP contribution in [-0.4, -0.2) is 35.5 Å². The summed E-state index contributed by atoms with van der Waals surface area (Å²) in [7, 11) is 0. The van der Waals surface area contributed by atoms with Crippen LogP contribution in [0.1, 0.15) is 18.1 Å². The SMILES string of the molecule is CC(C(=O)Nc1ccc(C(F)(F)F)cc1)N1CC(C=O)=CC(c2ccccc2)=N1. The number of allylic oxidation sites excluding steroid dienone is 1. The highest BCUT2D eigenvalue weighted by Crippen LogP contribution is 2.29. The number of hydrazone groups is 1. The van der Waals surface area contributed by atoms with Crippen molar-refractivity contribution < 1.29 is 22.8 Å². The lowest BCUT2D eigenvalue weighted by molar-refractivity contribution is -0.137. The molecule has 0 radical (unpaired) electrons. The van der Waals surface area contributed by atoms with Crippen LogP contribution in [-0.2, 0) is 15.8 Å². The maximum Gasteiger partial charge on any atom is 0.416 e. The van der Waals surface area contributed by atoms with E-state index in [-0.39, 0.29) is 12.2 Å². The number of aldehydes is 1. The highest BCUT2D eigenvalue weighted by Gasteiger charge is 2.30. The molecular weight excluding hydrogens is 383 g/mol. The molecule has 2 aromatic rings. The second-order valence-electron chi connectivity index (χ2n) is 6.53. The van der Waals surface area contributed by atoms with E-state index in [0.29, 0.717) is 17.6 Å².